The highest BCUT2D eigenvalue weighted by molar-refractivity contribution is 5.80. The number of aromatic nitrogens is 2. The molecule has 0 amide bonds. The fraction of sp³-hybridized carbons (Fsp3) is 0.219. The maximum absolute atomic E-state index is 9.48. The number of hydrogen-bond acceptors (Lipinski definition) is 6. The Hall–Kier alpha value is -4.01. The highest BCUT2D eigenvalue weighted by Crippen LogP contribution is 2.33. The maximum atomic E-state index is 9.48. The summed E-state index contributed by atoms with van der Waals surface area (Å²) >= 11 is 0. The third-order valence-electron chi connectivity index (χ3n) is 6.85. The maximum Gasteiger partial charge on any atom is 0.137 e. The molecule has 0 saturated carbocycles. The van der Waals surface area contributed by atoms with Crippen LogP contribution < -0.4 is 10.1 Å². The monoisotopic (exact) mass is 523 g/mol. The Morgan fingerprint density at radius 2 is 1.62 bits per heavy atom. The number of nitrogens with zero attached hydrogens (tertiary/aromatic N) is 2. The fourth-order valence-corrected chi connectivity index (χ4v) is 4.76. The zero-order valence-corrected chi connectivity index (χ0v) is 21.9. The number of nitrogens with one attached hydrogen (secondary N) is 1. The molecule has 4 N–H and O–H groups in total. The van der Waals surface area contributed by atoms with Crippen molar-refractivity contribution in [3.8, 4) is 39.3 Å². The van der Waals surface area contributed by atoms with E-state index in [2.05, 4.69) is 77.4 Å². The number of benzene rings is 3. The lowest BCUT2D eigenvalue weighted by atomic mass is 9.93. The van der Waals surface area contributed by atoms with E-state index in [0.29, 0.717) is 13.1 Å². The van der Waals surface area contributed by atoms with Crippen molar-refractivity contribution in [1.29, 1.82) is 0 Å². The Morgan fingerprint density at radius 1 is 0.897 bits per heavy atom. The van der Waals surface area contributed by atoms with Gasteiger partial charge >= 0.3 is 0 Å². The Balaban J connectivity index is 1.36. The van der Waals surface area contributed by atoms with Crippen molar-refractivity contribution < 1.29 is 20.1 Å². The zero-order chi connectivity index (χ0) is 27.2. The predicted molar refractivity (Wildman–Crippen MR) is 154 cm³/mol. The minimum Gasteiger partial charge on any atom is -0.491 e. The van der Waals surface area contributed by atoms with Gasteiger partial charge in [0.05, 0.1) is 31.2 Å². The fourth-order valence-electron chi connectivity index (χ4n) is 4.76. The van der Waals surface area contributed by atoms with Gasteiger partial charge in [-0.15, -0.1) is 0 Å². The first kappa shape index (κ1) is 26.6. The first-order valence-corrected chi connectivity index (χ1v) is 13.1. The van der Waals surface area contributed by atoms with E-state index < -0.39 is 6.10 Å². The van der Waals surface area contributed by atoms with Gasteiger partial charge in [-0.1, -0.05) is 54.6 Å². The first-order valence-electron chi connectivity index (χ1n) is 13.1. The number of aliphatic hydroxyl groups is 3. The van der Waals surface area contributed by atoms with Crippen LogP contribution in [0.2, 0.25) is 0 Å². The lowest BCUT2D eigenvalue weighted by Gasteiger charge is -2.13. The van der Waals surface area contributed by atoms with Crippen LogP contribution in [0, 0.1) is 6.92 Å². The average molecular weight is 524 g/mol. The van der Waals surface area contributed by atoms with Crippen molar-refractivity contribution in [1.82, 2.24) is 14.7 Å². The second kappa shape index (κ2) is 12.2. The summed E-state index contributed by atoms with van der Waals surface area (Å²) in [6.07, 6.45) is 3.22. The van der Waals surface area contributed by atoms with Crippen LogP contribution in [0.25, 0.3) is 39.2 Å². The lowest BCUT2D eigenvalue weighted by Crippen LogP contribution is -2.28. The summed E-state index contributed by atoms with van der Waals surface area (Å²) in [7, 11) is 0. The van der Waals surface area contributed by atoms with Crippen molar-refractivity contribution in [2.75, 3.05) is 26.4 Å². The molecule has 0 unspecified atom stereocenters. The molecule has 2 heterocycles. The van der Waals surface area contributed by atoms with Crippen LogP contribution in [-0.4, -0.2) is 57.2 Å². The molecule has 3 aromatic carbocycles. The molecule has 1 atom stereocenters. The molecule has 200 valence electrons. The first-order chi connectivity index (χ1) is 19.1. The molecule has 0 fully saturated rings. The molecule has 0 aliphatic rings. The molecule has 2 aromatic heterocycles. The van der Waals surface area contributed by atoms with Crippen LogP contribution >= 0.6 is 0 Å². The van der Waals surface area contributed by atoms with Crippen molar-refractivity contribution in [3.05, 3.63) is 102 Å². The third kappa shape index (κ3) is 6.02. The SMILES string of the molecule is Cc1c(-c2ccc(OCCO)cc2)cccc1-c1ccn2c(-c3ccc(CNC[C@@H](O)CO)cc3)cnc2c1. The quantitative estimate of drug-likeness (QED) is 0.204. The number of imidazole rings is 1. The second-order valence-corrected chi connectivity index (χ2v) is 9.53. The minimum atomic E-state index is -0.747. The predicted octanol–water partition coefficient (Wildman–Crippen LogP) is 4.46. The van der Waals surface area contributed by atoms with Gasteiger partial charge in [0, 0.05) is 24.8 Å². The topological polar surface area (TPSA) is 99.3 Å². The van der Waals surface area contributed by atoms with Crippen molar-refractivity contribution in [2.45, 2.75) is 19.6 Å². The van der Waals surface area contributed by atoms with E-state index in [4.69, 9.17) is 19.9 Å². The summed E-state index contributed by atoms with van der Waals surface area (Å²) in [5.41, 5.74) is 9.78. The van der Waals surface area contributed by atoms with Crippen LogP contribution in [0.1, 0.15) is 11.1 Å². The van der Waals surface area contributed by atoms with E-state index in [0.717, 1.165) is 50.5 Å². The summed E-state index contributed by atoms with van der Waals surface area (Å²) in [5, 5.41) is 30.5. The largest absolute Gasteiger partial charge is 0.491 e. The lowest BCUT2D eigenvalue weighted by molar-refractivity contribution is 0.0942. The second-order valence-electron chi connectivity index (χ2n) is 9.53. The van der Waals surface area contributed by atoms with Gasteiger partial charge in [-0.3, -0.25) is 4.40 Å². The molecule has 0 aliphatic heterocycles. The zero-order valence-electron chi connectivity index (χ0n) is 21.9. The van der Waals surface area contributed by atoms with Crippen LogP contribution in [0.4, 0.5) is 0 Å². The van der Waals surface area contributed by atoms with E-state index in [9.17, 15) is 5.11 Å². The van der Waals surface area contributed by atoms with E-state index in [-0.39, 0.29) is 19.8 Å². The van der Waals surface area contributed by atoms with Crippen molar-refractivity contribution in [3.63, 3.8) is 0 Å². The molecule has 5 aromatic rings. The number of ether oxygens (including phenoxy) is 1. The molecule has 0 aliphatic carbocycles. The number of rotatable bonds is 11. The summed E-state index contributed by atoms with van der Waals surface area (Å²) < 4.78 is 7.59. The van der Waals surface area contributed by atoms with Gasteiger partial charge in [0.15, 0.2) is 0 Å². The number of hydrogen-bond donors (Lipinski definition) is 4. The molecule has 7 nitrogen and oxygen atoms in total. The Labute approximate surface area is 228 Å². The molecular weight excluding hydrogens is 490 g/mol. The molecule has 0 bridgehead atoms. The van der Waals surface area contributed by atoms with Crippen LogP contribution in [0.5, 0.6) is 5.75 Å². The average Bonchev–Trinajstić information content (AvgIpc) is 3.40. The Kier molecular flexibility index (Phi) is 8.34. The van der Waals surface area contributed by atoms with Crippen LogP contribution in [0.3, 0.4) is 0 Å². The van der Waals surface area contributed by atoms with Crippen molar-refractivity contribution in [2.24, 2.45) is 0 Å². The van der Waals surface area contributed by atoms with Gasteiger partial charge in [-0.25, -0.2) is 4.98 Å². The van der Waals surface area contributed by atoms with Gasteiger partial charge in [0.2, 0.25) is 0 Å². The van der Waals surface area contributed by atoms with Gasteiger partial charge in [-0.2, -0.15) is 0 Å². The summed E-state index contributed by atoms with van der Waals surface area (Å²) in [6.45, 7) is 3.14. The number of aliphatic hydroxyl groups excluding tert-OH is 3. The van der Waals surface area contributed by atoms with Crippen molar-refractivity contribution >= 4 is 5.65 Å². The number of fused-ring (bicyclic) bond motifs is 1. The number of pyridine rings is 1. The summed E-state index contributed by atoms with van der Waals surface area (Å²) in [6, 6.07) is 26.8. The van der Waals surface area contributed by atoms with Gasteiger partial charge in [0.25, 0.3) is 0 Å². The van der Waals surface area contributed by atoms with Crippen LogP contribution in [0.15, 0.2) is 91.3 Å². The smallest absolute Gasteiger partial charge is 0.137 e. The summed E-state index contributed by atoms with van der Waals surface area (Å²) in [5.74, 6) is 0.742. The molecule has 0 saturated heterocycles. The highest BCUT2D eigenvalue weighted by Gasteiger charge is 2.12. The molecular formula is C32H33N3O4. The highest BCUT2D eigenvalue weighted by atomic mass is 16.5. The molecule has 5 rings (SSSR count). The Morgan fingerprint density at radius 3 is 2.33 bits per heavy atom. The van der Waals surface area contributed by atoms with Gasteiger partial charge in [0.1, 0.15) is 18.0 Å². The Bertz CT molecular complexity index is 1530. The molecule has 39 heavy (non-hydrogen) atoms. The molecule has 7 heteroatoms. The van der Waals surface area contributed by atoms with Crippen LogP contribution in [-0.2, 0) is 6.54 Å². The molecule has 0 spiro atoms. The van der Waals surface area contributed by atoms with Gasteiger partial charge < -0.3 is 25.4 Å². The normalized spacial score (nSPS) is 12.1. The van der Waals surface area contributed by atoms with E-state index in [1.807, 2.05) is 30.5 Å². The molecule has 0 radical (unpaired) electrons. The van der Waals surface area contributed by atoms with Gasteiger partial charge in [-0.05, 0) is 64.6 Å². The van der Waals surface area contributed by atoms with E-state index in [1.165, 1.54) is 5.56 Å². The minimum absolute atomic E-state index is 0.00551. The third-order valence-corrected chi connectivity index (χ3v) is 6.85. The van der Waals surface area contributed by atoms with E-state index in [1.54, 1.807) is 0 Å². The summed E-state index contributed by atoms with van der Waals surface area (Å²) in [4.78, 5) is 4.69. The standard InChI is InChI=1S/C32H33N3O4/c1-22-29(24-9-11-28(12-10-24)39-16-15-36)3-2-4-30(22)26-13-14-35-31(20-34-32(35)17-26)25-7-5-23(6-8-25)18-33-19-27(38)21-37/h2-14,17,20,27,33,36-38H,15-16,18-19,21H2,1H3/t27-/m1/s1. The van der Waals surface area contributed by atoms with E-state index >= 15 is 0 Å².